The summed E-state index contributed by atoms with van der Waals surface area (Å²) in [6.45, 7) is 0. The second-order valence-corrected chi connectivity index (χ2v) is 7.89. The quantitative estimate of drug-likeness (QED) is 0.165. The fraction of sp³-hybridized carbons (Fsp3) is 0. The van der Waals surface area contributed by atoms with Crippen molar-refractivity contribution in [2.45, 2.75) is 0 Å². The molecular formula is C8H6F12N4P2Ru. The number of nitrogens with zero attached hydrogens (tertiary/aromatic N) is 4. The van der Waals surface area contributed by atoms with Crippen LogP contribution in [0.2, 0.25) is 0 Å². The van der Waals surface area contributed by atoms with Gasteiger partial charge in [-0.15, -0.1) is 0 Å². The van der Waals surface area contributed by atoms with Gasteiger partial charge >= 0.3 is 85.5 Å². The molecule has 0 aromatic rings. The van der Waals surface area contributed by atoms with E-state index in [1.807, 2.05) is 0 Å². The van der Waals surface area contributed by atoms with Gasteiger partial charge in [-0.05, 0) is 0 Å². The van der Waals surface area contributed by atoms with Gasteiger partial charge in [-0.1, -0.05) is 48.6 Å². The van der Waals surface area contributed by atoms with E-state index in [0.29, 0.717) is 11.6 Å². The van der Waals surface area contributed by atoms with Gasteiger partial charge in [-0.2, -0.15) is 0 Å². The Hall–Kier alpha value is -1.20. The largest absolute Gasteiger partial charge is 4.00 e. The minimum atomic E-state index is -10.7. The molecule has 0 atom stereocenters. The molecule has 0 aromatic heterocycles. The SMILES string of the molecule is C1=C[N-]C(=C2N=CC=C[N-]2)N=C1.F[P-](F)(F)(F)(F)F.F[P-](F)(F)(F)(F)F.[Ru+4]. The van der Waals surface area contributed by atoms with Crippen molar-refractivity contribution in [2.75, 3.05) is 0 Å². The van der Waals surface area contributed by atoms with Crippen LogP contribution in [0.15, 0.2) is 46.2 Å². The second-order valence-electron chi connectivity index (χ2n) is 4.06. The summed E-state index contributed by atoms with van der Waals surface area (Å²) in [5.41, 5.74) is 0. The average molecular weight is 549 g/mol. The van der Waals surface area contributed by atoms with E-state index in [9.17, 15) is 50.4 Å². The van der Waals surface area contributed by atoms with Crippen LogP contribution in [0.5, 0.6) is 0 Å². The molecule has 0 fully saturated rings. The van der Waals surface area contributed by atoms with Crippen molar-refractivity contribution < 1.29 is 69.8 Å². The molecule has 0 unspecified atom stereocenters. The Bertz CT molecular complexity index is 601. The van der Waals surface area contributed by atoms with Gasteiger partial charge in [0.05, 0.1) is 0 Å². The first-order valence-corrected chi connectivity index (χ1v) is 9.60. The van der Waals surface area contributed by atoms with E-state index in [4.69, 9.17) is 0 Å². The summed E-state index contributed by atoms with van der Waals surface area (Å²) in [7, 11) is -21.3. The molecule has 2 aliphatic rings. The van der Waals surface area contributed by atoms with Crippen molar-refractivity contribution in [1.29, 1.82) is 0 Å². The molecule has 0 spiro atoms. The maximum atomic E-state index is 9.87. The van der Waals surface area contributed by atoms with Gasteiger partial charge in [-0.25, -0.2) is 0 Å². The summed E-state index contributed by atoms with van der Waals surface area (Å²) in [5, 5.41) is 8.03. The molecule has 27 heavy (non-hydrogen) atoms. The Morgan fingerprint density at radius 3 is 0.926 bits per heavy atom. The van der Waals surface area contributed by atoms with Crippen LogP contribution in [-0.4, -0.2) is 12.4 Å². The smallest absolute Gasteiger partial charge is 4.00 e. The molecule has 2 aliphatic heterocycles. The maximum absolute atomic E-state index is 10.7. The maximum Gasteiger partial charge on any atom is 4.00 e. The van der Waals surface area contributed by atoms with Gasteiger partial charge in [0.25, 0.3) is 0 Å². The van der Waals surface area contributed by atoms with Gasteiger partial charge in [0, 0.05) is 0 Å². The molecule has 2 heterocycles. The predicted molar refractivity (Wildman–Crippen MR) is 76.1 cm³/mol. The van der Waals surface area contributed by atoms with Crippen molar-refractivity contribution >= 4 is 28.0 Å². The third-order valence-corrected chi connectivity index (χ3v) is 1.33. The van der Waals surface area contributed by atoms with E-state index >= 15 is 0 Å². The first-order valence-electron chi connectivity index (χ1n) is 5.54. The molecule has 160 valence electrons. The van der Waals surface area contributed by atoms with Gasteiger partial charge < -0.3 is 20.6 Å². The molecule has 0 bridgehead atoms. The van der Waals surface area contributed by atoms with Crippen molar-refractivity contribution in [3.63, 3.8) is 0 Å². The number of aliphatic imine (C=N–C) groups is 2. The van der Waals surface area contributed by atoms with E-state index in [0.717, 1.165) is 0 Å². The molecule has 2 rings (SSSR count). The Balaban J connectivity index is 0. The van der Waals surface area contributed by atoms with Crippen LogP contribution in [0.3, 0.4) is 0 Å². The van der Waals surface area contributed by atoms with Crippen molar-refractivity contribution in [3.8, 4) is 0 Å². The molecule has 0 saturated carbocycles. The van der Waals surface area contributed by atoms with E-state index < -0.39 is 15.6 Å². The first-order chi connectivity index (χ1) is 10.9. The first kappa shape index (κ1) is 28.0. The fourth-order valence-corrected chi connectivity index (χ4v) is 0.829. The van der Waals surface area contributed by atoms with Gasteiger partial charge in [-0.3, -0.25) is 0 Å². The molecule has 19 heteroatoms. The zero-order chi connectivity index (χ0) is 21.0. The zero-order valence-corrected chi connectivity index (χ0v) is 15.6. The Morgan fingerprint density at radius 1 is 0.556 bits per heavy atom. The monoisotopic (exact) mass is 550 g/mol. The molecule has 0 amide bonds. The van der Waals surface area contributed by atoms with Crippen LogP contribution in [0.25, 0.3) is 10.6 Å². The van der Waals surface area contributed by atoms with Crippen molar-refractivity contribution in [3.05, 3.63) is 46.8 Å². The second kappa shape index (κ2) is 7.00. The summed E-state index contributed by atoms with van der Waals surface area (Å²) < 4.78 is 118. The van der Waals surface area contributed by atoms with E-state index in [-0.39, 0.29) is 19.5 Å². The molecule has 0 N–H and O–H groups in total. The summed E-state index contributed by atoms with van der Waals surface area (Å²) in [6, 6.07) is 0. The topological polar surface area (TPSA) is 52.9 Å². The Kier molecular flexibility index (Phi) is 7.26. The van der Waals surface area contributed by atoms with E-state index in [1.165, 1.54) is 0 Å². The summed E-state index contributed by atoms with van der Waals surface area (Å²) in [6.07, 6.45) is 10.2. The van der Waals surface area contributed by atoms with Crippen LogP contribution in [0.1, 0.15) is 0 Å². The fourth-order valence-electron chi connectivity index (χ4n) is 0.829. The number of hydrogen-bond acceptors (Lipinski definition) is 2. The minimum Gasteiger partial charge on any atom is 4.00 e. The van der Waals surface area contributed by atoms with Crippen molar-refractivity contribution in [1.82, 2.24) is 0 Å². The third-order valence-electron chi connectivity index (χ3n) is 1.33. The number of rotatable bonds is 0. The van der Waals surface area contributed by atoms with Gasteiger partial charge in [0.2, 0.25) is 0 Å². The third kappa shape index (κ3) is 36.5. The summed E-state index contributed by atoms with van der Waals surface area (Å²) >= 11 is 0. The molecule has 0 saturated heterocycles. The Labute approximate surface area is 155 Å². The van der Waals surface area contributed by atoms with Crippen LogP contribution in [0.4, 0.5) is 50.4 Å². The van der Waals surface area contributed by atoms with E-state index in [2.05, 4.69) is 20.6 Å². The molecular weight excluding hydrogens is 543 g/mol. The average Bonchev–Trinajstić information content (AvgIpc) is 2.33. The zero-order valence-electron chi connectivity index (χ0n) is 12.0. The number of halogens is 12. The van der Waals surface area contributed by atoms with Crippen molar-refractivity contribution in [2.24, 2.45) is 9.98 Å². The molecule has 0 radical (unpaired) electrons. The Morgan fingerprint density at radius 2 is 0.778 bits per heavy atom. The normalized spacial score (nSPS) is 23.3. The van der Waals surface area contributed by atoms with E-state index in [1.54, 1.807) is 37.0 Å². The predicted octanol–water partition coefficient (Wildman–Crippen LogP) is 8.82. The van der Waals surface area contributed by atoms with Crippen LogP contribution < -0.4 is 0 Å². The number of allylic oxidation sites excluding steroid dienone is 2. The number of hydrogen-bond donors (Lipinski definition) is 0. The van der Waals surface area contributed by atoms with Gasteiger partial charge in [0.15, 0.2) is 0 Å². The molecule has 0 aromatic carbocycles. The minimum absolute atomic E-state index is 0. The molecule has 4 nitrogen and oxygen atoms in total. The van der Waals surface area contributed by atoms with Crippen LogP contribution in [-0.2, 0) is 19.5 Å². The van der Waals surface area contributed by atoms with Crippen LogP contribution >= 0.6 is 15.6 Å². The van der Waals surface area contributed by atoms with Gasteiger partial charge in [0.1, 0.15) is 0 Å². The molecule has 0 aliphatic carbocycles. The summed E-state index contributed by atoms with van der Waals surface area (Å²) in [5.74, 6) is 1.11. The van der Waals surface area contributed by atoms with Crippen LogP contribution in [0, 0.1) is 0 Å². The standard InChI is InChI=1S/C8H6N4.2F6P.Ru/c1-3-9-7(10-4-1)8-11-5-2-6-12-8;2*1-7(2,3,4,5)6;/h1-6H;;;/q-2;2*-1;+4. The summed E-state index contributed by atoms with van der Waals surface area (Å²) in [4.78, 5) is 8.03.